The van der Waals surface area contributed by atoms with Gasteiger partial charge >= 0.3 is 0 Å². The molecule has 2 rings (SSSR count). The summed E-state index contributed by atoms with van der Waals surface area (Å²) in [6, 6.07) is 16.0. The van der Waals surface area contributed by atoms with Crippen molar-refractivity contribution in [3.63, 3.8) is 0 Å². The zero-order valence-electron chi connectivity index (χ0n) is 17.1. The minimum Gasteiger partial charge on any atom is -0.484 e. The van der Waals surface area contributed by atoms with Gasteiger partial charge in [-0.3, -0.25) is 4.79 Å². The Morgan fingerprint density at radius 3 is 2.32 bits per heavy atom. The molecule has 1 amide bonds. The average molecular weight is 382 g/mol. The van der Waals surface area contributed by atoms with E-state index in [1.807, 2.05) is 36.4 Å². The number of rotatable bonds is 11. The Hall–Kier alpha value is -2.82. The van der Waals surface area contributed by atoms with Crippen molar-refractivity contribution in [1.29, 1.82) is 0 Å². The van der Waals surface area contributed by atoms with E-state index in [0.717, 1.165) is 25.1 Å². The fourth-order valence-electron chi connectivity index (χ4n) is 2.85. The molecular weight excluding hydrogens is 350 g/mol. The number of carbonyl (C=O) groups is 1. The Morgan fingerprint density at radius 1 is 1.04 bits per heavy atom. The van der Waals surface area contributed by atoms with Crippen LogP contribution in [0.1, 0.15) is 44.7 Å². The Labute approximate surface area is 168 Å². The molecule has 0 spiro atoms. The molecule has 0 fully saturated rings. The lowest BCUT2D eigenvalue weighted by Crippen LogP contribution is -2.24. The van der Waals surface area contributed by atoms with E-state index in [4.69, 9.17) is 4.74 Å². The first-order valence-electron chi connectivity index (χ1n) is 10.0. The van der Waals surface area contributed by atoms with E-state index in [9.17, 15) is 4.79 Å². The summed E-state index contributed by atoms with van der Waals surface area (Å²) < 4.78 is 5.51. The second-order valence-corrected chi connectivity index (χ2v) is 6.59. The van der Waals surface area contributed by atoms with Crippen molar-refractivity contribution >= 4 is 17.8 Å². The number of aryl methyl sites for hydroxylation is 1. The van der Waals surface area contributed by atoms with E-state index in [2.05, 4.69) is 48.3 Å². The van der Waals surface area contributed by atoms with Gasteiger partial charge in [0.2, 0.25) is 0 Å². The number of benzene rings is 2. The summed E-state index contributed by atoms with van der Waals surface area (Å²) >= 11 is 0. The summed E-state index contributed by atoms with van der Waals surface area (Å²) in [6.45, 7) is 8.34. The molecular formula is C23H31N3O2. The highest BCUT2D eigenvalue weighted by atomic mass is 16.5. The van der Waals surface area contributed by atoms with Crippen LogP contribution in [-0.4, -0.2) is 31.8 Å². The summed E-state index contributed by atoms with van der Waals surface area (Å²) in [5.41, 5.74) is 5.89. The van der Waals surface area contributed by atoms with Crippen LogP contribution in [0.15, 0.2) is 53.6 Å². The van der Waals surface area contributed by atoms with Gasteiger partial charge in [-0.1, -0.05) is 37.6 Å². The molecule has 5 nitrogen and oxygen atoms in total. The first kappa shape index (κ1) is 21.5. The van der Waals surface area contributed by atoms with Gasteiger partial charge in [-0.2, -0.15) is 5.10 Å². The van der Waals surface area contributed by atoms with E-state index in [1.54, 1.807) is 6.21 Å². The molecule has 5 heteroatoms. The van der Waals surface area contributed by atoms with Gasteiger partial charge in [0.25, 0.3) is 5.91 Å². The molecule has 0 aliphatic carbocycles. The first-order chi connectivity index (χ1) is 13.7. The van der Waals surface area contributed by atoms with Crippen molar-refractivity contribution < 1.29 is 9.53 Å². The molecule has 150 valence electrons. The van der Waals surface area contributed by atoms with E-state index in [-0.39, 0.29) is 12.5 Å². The Kier molecular flexibility index (Phi) is 9.05. The predicted octanol–water partition coefficient (Wildman–Crippen LogP) is 4.40. The summed E-state index contributed by atoms with van der Waals surface area (Å²) in [4.78, 5) is 14.2. The number of anilines is 1. The number of hydrogen-bond donors (Lipinski definition) is 1. The van der Waals surface area contributed by atoms with Crippen LogP contribution in [0.4, 0.5) is 5.69 Å². The van der Waals surface area contributed by atoms with Crippen molar-refractivity contribution in [2.45, 2.75) is 40.0 Å². The summed E-state index contributed by atoms with van der Waals surface area (Å²) in [6.07, 6.45) is 5.06. The van der Waals surface area contributed by atoms with E-state index >= 15 is 0 Å². The molecule has 28 heavy (non-hydrogen) atoms. The van der Waals surface area contributed by atoms with Crippen molar-refractivity contribution in [2.24, 2.45) is 5.10 Å². The van der Waals surface area contributed by atoms with Crippen molar-refractivity contribution in [2.75, 3.05) is 24.6 Å². The second-order valence-electron chi connectivity index (χ2n) is 6.59. The van der Waals surface area contributed by atoms with Gasteiger partial charge < -0.3 is 9.64 Å². The Balaban J connectivity index is 1.75. The number of nitrogens with zero attached hydrogens (tertiary/aromatic N) is 2. The van der Waals surface area contributed by atoms with Gasteiger partial charge in [-0.25, -0.2) is 5.43 Å². The minimum absolute atomic E-state index is 0.0630. The molecule has 2 aromatic rings. The molecule has 0 aromatic heterocycles. The van der Waals surface area contributed by atoms with Gasteiger partial charge in [0.1, 0.15) is 5.75 Å². The molecule has 0 unspecified atom stereocenters. The molecule has 0 heterocycles. The summed E-state index contributed by atoms with van der Waals surface area (Å²) in [5.74, 6) is 0.400. The number of unbranched alkanes of at least 4 members (excludes halogenated alkanes) is 1. The number of carbonyl (C=O) groups excluding carboxylic acids is 1. The highest BCUT2D eigenvalue weighted by Crippen LogP contribution is 2.15. The largest absolute Gasteiger partial charge is 0.484 e. The topological polar surface area (TPSA) is 53.9 Å². The van der Waals surface area contributed by atoms with Crippen LogP contribution in [-0.2, 0) is 11.2 Å². The fraction of sp³-hybridized carbons (Fsp3) is 0.391. The third-order valence-electron chi connectivity index (χ3n) is 4.54. The van der Waals surface area contributed by atoms with E-state index in [0.29, 0.717) is 5.75 Å². The molecule has 1 N–H and O–H groups in total. The molecule has 0 radical (unpaired) electrons. The molecule has 0 bridgehead atoms. The fourth-order valence-corrected chi connectivity index (χ4v) is 2.85. The van der Waals surface area contributed by atoms with Gasteiger partial charge in [0.15, 0.2) is 6.61 Å². The number of ether oxygens (including phenoxy) is 1. The van der Waals surface area contributed by atoms with Crippen LogP contribution in [0.3, 0.4) is 0 Å². The lowest BCUT2D eigenvalue weighted by Gasteiger charge is -2.20. The monoisotopic (exact) mass is 381 g/mol. The standard InChI is InChI=1S/C23H31N3O2/c1-4-7-8-19-11-15-22(16-12-19)28-18-23(27)25-24-17-20-9-13-21(14-10-20)26(5-2)6-3/h9-17H,4-8,18H2,1-3H3,(H,25,27)/b24-17-. The minimum atomic E-state index is -0.286. The zero-order chi connectivity index (χ0) is 20.2. The van der Waals surface area contributed by atoms with Gasteiger partial charge in [0.05, 0.1) is 6.21 Å². The molecule has 0 aliphatic rings. The molecule has 0 aliphatic heterocycles. The normalized spacial score (nSPS) is 10.8. The number of hydrazone groups is 1. The Morgan fingerprint density at radius 2 is 1.71 bits per heavy atom. The van der Waals surface area contributed by atoms with Crippen LogP contribution in [0.25, 0.3) is 0 Å². The van der Waals surface area contributed by atoms with Gasteiger partial charge in [0, 0.05) is 18.8 Å². The summed E-state index contributed by atoms with van der Waals surface area (Å²) in [5, 5.41) is 4.00. The van der Waals surface area contributed by atoms with Crippen LogP contribution in [0, 0.1) is 0 Å². The first-order valence-corrected chi connectivity index (χ1v) is 10.0. The summed E-state index contributed by atoms with van der Waals surface area (Å²) in [7, 11) is 0. The van der Waals surface area contributed by atoms with E-state index in [1.165, 1.54) is 24.1 Å². The number of amides is 1. The smallest absolute Gasteiger partial charge is 0.277 e. The third-order valence-corrected chi connectivity index (χ3v) is 4.54. The van der Waals surface area contributed by atoms with Crippen molar-refractivity contribution in [1.82, 2.24) is 5.43 Å². The number of nitrogens with one attached hydrogen (secondary N) is 1. The molecule has 0 saturated carbocycles. The molecule has 0 atom stereocenters. The van der Waals surface area contributed by atoms with Crippen LogP contribution >= 0.6 is 0 Å². The quantitative estimate of drug-likeness (QED) is 0.463. The lowest BCUT2D eigenvalue weighted by atomic mass is 10.1. The second kappa shape index (κ2) is 11.8. The molecule has 2 aromatic carbocycles. The zero-order valence-corrected chi connectivity index (χ0v) is 17.1. The predicted molar refractivity (Wildman–Crippen MR) is 116 cm³/mol. The third kappa shape index (κ3) is 7.06. The maximum absolute atomic E-state index is 11.9. The Bertz CT molecular complexity index is 735. The average Bonchev–Trinajstić information content (AvgIpc) is 2.73. The van der Waals surface area contributed by atoms with Crippen molar-refractivity contribution in [3.05, 3.63) is 59.7 Å². The maximum Gasteiger partial charge on any atom is 0.277 e. The molecule has 0 saturated heterocycles. The maximum atomic E-state index is 11.9. The van der Waals surface area contributed by atoms with Gasteiger partial charge in [-0.15, -0.1) is 0 Å². The SMILES string of the molecule is CCCCc1ccc(OCC(=O)N/N=C\c2ccc(N(CC)CC)cc2)cc1. The number of hydrogen-bond acceptors (Lipinski definition) is 4. The van der Waals surface area contributed by atoms with E-state index < -0.39 is 0 Å². The highest BCUT2D eigenvalue weighted by Gasteiger charge is 2.03. The van der Waals surface area contributed by atoms with Crippen LogP contribution in [0.2, 0.25) is 0 Å². The van der Waals surface area contributed by atoms with Crippen LogP contribution < -0.4 is 15.1 Å². The van der Waals surface area contributed by atoms with Gasteiger partial charge in [-0.05, 0) is 62.1 Å². The van der Waals surface area contributed by atoms with Crippen LogP contribution in [0.5, 0.6) is 5.75 Å². The lowest BCUT2D eigenvalue weighted by molar-refractivity contribution is -0.123. The van der Waals surface area contributed by atoms with Crippen molar-refractivity contribution in [3.8, 4) is 5.75 Å². The highest BCUT2D eigenvalue weighted by molar-refractivity contribution is 5.83.